The van der Waals surface area contributed by atoms with Gasteiger partial charge in [-0.25, -0.2) is 9.78 Å². The number of imidazole rings is 1. The van der Waals surface area contributed by atoms with E-state index in [0.29, 0.717) is 12.1 Å². The topological polar surface area (TPSA) is 101 Å². The van der Waals surface area contributed by atoms with Gasteiger partial charge in [0.05, 0.1) is 11.9 Å². The molecule has 0 saturated carbocycles. The Morgan fingerprint density at radius 3 is 2.71 bits per heavy atom. The van der Waals surface area contributed by atoms with Gasteiger partial charge in [-0.3, -0.25) is 4.72 Å². The van der Waals surface area contributed by atoms with Crippen LogP contribution in [0, 0.1) is 6.92 Å². The lowest BCUT2D eigenvalue weighted by Gasteiger charge is -2.08. The van der Waals surface area contributed by atoms with Crippen LogP contribution < -0.4 is 4.72 Å². The minimum Gasteiger partial charge on any atom is -0.478 e. The number of nitrogens with one attached hydrogen (secondary N) is 1. The molecule has 21 heavy (non-hydrogen) atoms. The number of nitrogens with zero attached hydrogens (tertiary/aromatic N) is 2. The SMILES string of the molecule is CCn1cnc(S(=O)(=O)Nc2ccc(C)c(C(=O)O)c2)c1. The first-order chi connectivity index (χ1) is 9.83. The average Bonchev–Trinajstić information content (AvgIpc) is 2.90. The molecule has 0 spiro atoms. The number of aryl methyl sites for hydroxylation is 2. The Bertz CT molecular complexity index is 780. The molecule has 1 heterocycles. The summed E-state index contributed by atoms with van der Waals surface area (Å²) in [5.74, 6) is -1.11. The van der Waals surface area contributed by atoms with Crippen molar-refractivity contribution in [3.63, 3.8) is 0 Å². The number of hydrogen-bond acceptors (Lipinski definition) is 4. The van der Waals surface area contributed by atoms with Gasteiger partial charge in [0.2, 0.25) is 0 Å². The first kappa shape index (κ1) is 15.0. The van der Waals surface area contributed by atoms with Gasteiger partial charge in [-0.2, -0.15) is 8.42 Å². The van der Waals surface area contributed by atoms with Crippen LogP contribution in [0.5, 0.6) is 0 Å². The number of sulfonamides is 1. The molecule has 2 aromatic rings. The maximum Gasteiger partial charge on any atom is 0.336 e. The summed E-state index contributed by atoms with van der Waals surface area (Å²) in [6.45, 7) is 4.12. The standard InChI is InChI=1S/C13H15N3O4S/c1-3-16-7-12(14-8-16)21(19,20)15-10-5-4-9(2)11(6-10)13(17)18/h4-8,15H,3H2,1-2H3,(H,17,18). The largest absolute Gasteiger partial charge is 0.478 e. The van der Waals surface area contributed by atoms with E-state index in [4.69, 9.17) is 5.11 Å². The van der Waals surface area contributed by atoms with Gasteiger partial charge in [-0.05, 0) is 31.5 Å². The van der Waals surface area contributed by atoms with E-state index in [0.717, 1.165) is 0 Å². The van der Waals surface area contributed by atoms with Crippen molar-refractivity contribution in [2.75, 3.05) is 4.72 Å². The predicted octanol–water partition coefficient (Wildman–Crippen LogP) is 1.71. The molecule has 0 aliphatic carbocycles. The summed E-state index contributed by atoms with van der Waals surface area (Å²) < 4.78 is 28.3. The van der Waals surface area contributed by atoms with Crippen molar-refractivity contribution in [2.24, 2.45) is 0 Å². The van der Waals surface area contributed by atoms with Crippen molar-refractivity contribution in [1.29, 1.82) is 0 Å². The number of anilines is 1. The van der Waals surface area contributed by atoms with Crippen molar-refractivity contribution in [1.82, 2.24) is 9.55 Å². The lowest BCUT2D eigenvalue weighted by Crippen LogP contribution is -2.14. The highest BCUT2D eigenvalue weighted by Gasteiger charge is 2.18. The van der Waals surface area contributed by atoms with E-state index in [1.54, 1.807) is 17.6 Å². The van der Waals surface area contributed by atoms with Crippen molar-refractivity contribution in [3.05, 3.63) is 41.9 Å². The van der Waals surface area contributed by atoms with Crippen LogP contribution in [0.2, 0.25) is 0 Å². The number of aromatic nitrogens is 2. The molecule has 0 radical (unpaired) electrons. The molecule has 0 aliphatic heterocycles. The molecule has 1 aromatic heterocycles. The summed E-state index contributed by atoms with van der Waals surface area (Å²) in [5.41, 5.74) is 0.791. The summed E-state index contributed by atoms with van der Waals surface area (Å²) in [7, 11) is -3.83. The Morgan fingerprint density at radius 2 is 2.14 bits per heavy atom. The summed E-state index contributed by atoms with van der Waals surface area (Å²) in [6.07, 6.45) is 2.83. The fourth-order valence-corrected chi connectivity index (χ4v) is 2.78. The maximum atomic E-state index is 12.2. The van der Waals surface area contributed by atoms with Crippen molar-refractivity contribution in [2.45, 2.75) is 25.4 Å². The Labute approximate surface area is 122 Å². The van der Waals surface area contributed by atoms with Crippen LogP contribution >= 0.6 is 0 Å². The zero-order chi connectivity index (χ0) is 15.6. The molecule has 2 N–H and O–H groups in total. The van der Waals surface area contributed by atoms with Crippen LogP contribution in [0.15, 0.2) is 35.7 Å². The number of hydrogen-bond donors (Lipinski definition) is 2. The molecule has 1 aromatic carbocycles. The van der Waals surface area contributed by atoms with Crippen LogP contribution in [-0.2, 0) is 16.6 Å². The van der Waals surface area contributed by atoms with Crippen LogP contribution in [0.4, 0.5) is 5.69 Å². The Hall–Kier alpha value is -2.35. The quantitative estimate of drug-likeness (QED) is 0.875. The molecule has 0 unspecified atom stereocenters. The Morgan fingerprint density at radius 1 is 1.43 bits per heavy atom. The summed E-state index contributed by atoms with van der Waals surface area (Å²) in [5, 5.41) is 8.94. The normalized spacial score (nSPS) is 11.3. The molecular formula is C13H15N3O4S. The summed E-state index contributed by atoms with van der Waals surface area (Å²) in [4.78, 5) is 14.9. The molecule has 112 valence electrons. The second-order valence-corrected chi connectivity index (χ2v) is 6.11. The third kappa shape index (κ3) is 3.22. The number of carbonyl (C=O) groups is 1. The molecule has 0 amide bonds. The zero-order valence-electron chi connectivity index (χ0n) is 11.6. The lowest BCUT2D eigenvalue weighted by atomic mass is 10.1. The number of carboxylic acid groups (broad SMARTS) is 1. The average molecular weight is 309 g/mol. The summed E-state index contributed by atoms with van der Waals surface area (Å²) >= 11 is 0. The second-order valence-electron chi connectivity index (χ2n) is 4.48. The highest BCUT2D eigenvalue weighted by Crippen LogP contribution is 2.18. The van der Waals surface area contributed by atoms with Crippen LogP contribution in [0.3, 0.4) is 0 Å². The lowest BCUT2D eigenvalue weighted by molar-refractivity contribution is 0.0696. The monoisotopic (exact) mass is 309 g/mol. The van der Waals surface area contributed by atoms with Crippen LogP contribution in [0.1, 0.15) is 22.8 Å². The van der Waals surface area contributed by atoms with Crippen molar-refractivity contribution >= 4 is 21.7 Å². The molecule has 0 atom stereocenters. The number of rotatable bonds is 5. The van der Waals surface area contributed by atoms with E-state index in [2.05, 4.69) is 9.71 Å². The van der Waals surface area contributed by atoms with Crippen molar-refractivity contribution < 1.29 is 18.3 Å². The minimum atomic E-state index is -3.83. The van der Waals surface area contributed by atoms with Gasteiger partial charge in [0.15, 0.2) is 5.03 Å². The van der Waals surface area contributed by atoms with E-state index < -0.39 is 16.0 Å². The van der Waals surface area contributed by atoms with Gasteiger partial charge in [-0.1, -0.05) is 6.07 Å². The molecule has 0 fully saturated rings. The zero-order valence-corrected chi connectivity index (χ0v) is 12.4. The molecule has 2 rings (SSSR count). The van der Waals surface area contributed by atoms with Crippen LogP contribution in [0.25, 0.3) is 0 Å². The highest BCUT2D eigenvalue weighted by atomic mass is 32.2. The Kier molecular flexibility index (Phi) is 3.99. The second kappa shape index (κ2) is 5.57. The first-order valence-corrected chi connectivity index (χ1v) is 7.70. The summed E-state index contributed by atoms with van der Waals surface area (Å²) in [6, 6.07) is 4.34. The molecule has 0 bridgehead atoms. The van der Waals surface area contributed by atoms with Crippen molar-refractivity contribution in [3.8, 4) is 0 Å². The number of benzene rings is 1. The van der Waals surface area contributed by atoms with Gasteiger partial charge < -0.3 is 9.67 Å². The minimum absolute atomic E-state index is 0.0503. The molecule has 8 heteroatoms. The van der Waals surface area contributed by atoms with E-state index in [1.165, 1.54) is 24.7 Å². The fourth-order valence-electron chi connectivity index (χ4n) is 1.77. The molecular weight excluding hydrogens is 294 g/mol. The first-order valence-electron chi connectivity index (χ1n) is 6.22. The van der Waals surface area contributed by atoms with Gasteiger partial charge >= 0.3 is 5.97 Å². The molecule has 0 aliphatic rings. The smallest absolute Gasteiger partial charge is 0.336 e. The fraction of sp³-hybridized carbons (Fsp3) is 0.231. The van der Waals surface area contributed by atoms with E-state index >= 15 is 0 Å². The van der Waals surface area contributed by atoms with Gasteiger partial charge in [-0.15, -0.1) is 0 Å². The van der Waals surface area contributed by atoms with Gasteiger partial charge in [0.25, 0.3) is 10.0 Å². The van der Waals surface area contributed by atoms with Crippen LogP contribution in [-0.4, -0.2) is 29.0 Å². The van der Waals surface area contributed by atoms with E-state index in [1.807, 2.05) is 6.92 Å². The molecule has 0 saturated heterocycles. The van der Waals surface area contributed by atoms with Gasteiger partial charge in [0.1, 0.15) is 0 Å². The number of aromatic carboxylic acids is 1. The molecule has 7 nitrogen and oxygen atoms in total. The number of carboxylic acids is 1. The maximum absolute atomic E-state index is 12.2. The predicted molar refractivity (Wildman–Crippen MR) is 76.8 cm³/mol. The third-order valence-corrected chi connectivity index (χ3v) is 4.24. The van der Waals surface area contributed by atoms with E-state index in [9.17, 15) is 13.2 Å². The highest BCUT2D eigenvalue weighted by molar-refractivity contribution is 7.92. The Balaban J connectivity index is 2.32. The van der Waals surface area contributed by atoms with Gasteiger partial charge in [0, 0.05) is 18.4 Å². The van der Waals surface area contributed by atoms with E-state index in [-0.39, 0.29) is 16.3 Å². The third-order valence-electron chi connectivity index (χ3n) is 2.97.